The molecule has 0 unspecified atom stereocenters. The average molecular weight is 265 g/mol. The van der Waals surface area contributed by atoms with Crippen LogP contribution >= 0.6 is 0 Å². The molecule has 4 nitrogen and oxygen atoms in total. The number of methoxy groups -OCH3 is 1. The Balaban J connectivity index is 2.33. The number of benzene rings is 1. The summed E-state index contributed by atoms with van der Waals surface area (Å²) in [6.07, 6.45) is 4.77. The summed E-state index contributed by atoms with van der Waals surface area (Å²) in [5, 5.41) is 2.99. The molecule has 1 aromatic carbocycles. The first-order valence-electron chi connectivity index (χ1n) is 6.79. The van der Waals surface area contributed by atoms with Crippen LogP contribution in [0.15, 0.2) is 24.3 Å². The SMILES string of the molecule is CCCCCCOc1cccc(NCC(=O)OC)c1. The molecule has 0 aliphatic carbocycles. The summed E-state index contributed by atoms with van der Waals surface area (Å²) in [6.45, 7) is 3.09. The van der Waals surface area contributed by atoms with Gasteiger partial charge in [-0.2, -0.15) is 0 Å². The van der Waals surface area contributed by atoms with Gasteiger partial charge in [-0.25, -0.2) is 0 Å². The van der Waals surface area contributed by atoms with Crippen molar-refractivity contribution in [1.82, 2.24) is 0 Å². The molecule has 19 heavy (non-hydrogen) atoms. The van der Waals surface area contributed by atoms with E-state index in [9.17, 15) is 4.79 Å². The maximum absolute atomic E-state index is 11.0. The van der Waals surface area contributed by atoms with Gasteiger partial charge in [0.2, 0.25) is 0 Å². The highest BCUT2D eigenvalue weighted by molar-refractivity contribution is 5.74. The highest BCUT2D eigenvalue weighted by Crippen LogP contribution is 2.17. The monoisotopic (exact) mass is 265 g/mol. The largest absolute Gasteiger partial charge is 0.494 e. The molecule has 4 heteroatoms. The van der Waals surface area contributed by atoms with Crippen LogP contribution in [-0.4, -0.2) is 26.2 Å². The van der Waals surface area contributed by atoms with Gasteiger partial charge in [0.05, 0.1) is 13.7 Å². The normalized spacial score (nSPS) is 10.0. The van der Waals surface area contributed by atoms with Gasteiger partial charge in [-0.15, -0.1) is 0 Å². The molecule has 0 fully saturated rings. The first kappa shape index (κ1) is 15.3. The zero-order chi connectivity index (χ0) is 13.9. The maximum Gasteiger partial charge on any atom is 0.325 e. The minimum Gasteiger partial charge on any atom is -0.494 e. The predicted molar refractivity (Wildman–Crippen MR) is 76.6 cm³/mol. The van der Waals surface area contributed by atoms with Crippen molar-refractivity contribution in [3.63, 3.8) is 0 Å². The Bertz CT molecular complexity index is 379. The van der Waals surface area contributed by atoms with Gasteiger partial charge >= 0.3 is 5.97 Å². The zero-order valence-electron chi connectivity index (χ0n) is 11.8. The van der Waals surface area contributed by atoms with Crippen molar-refractivity contribution >= 4 is 11.7 Å². The van der Waals surface area contributed by atoms with Crippen LogP contribution in [0.25, 0.3) is 0 Å². The van der Waals surface area contributed by atoms with Crippen molar-refractivity contribution in [2.24, 2.45) is 0 Å². The van der Waals surface area contributed by atoms with Crippen LogP contribution in [-0.2, 0) is 9.53 Å². The van der Waals surface area contributed by atoms with Crippen molar-refractivity contribution in [2.45, 2.75) is 32.6 Å². The Kier molecular flexibility index (Phi) is 7.47. The number of carbonyl (C=O) groups is 1. The van der Waals surface area contributed by atoms with E-state index in [1.165, 1.54) is 26.4 Å². The highest BCUT2D eigenvalue weighted by atomic mass is 16.5. The van der Waals surface area contributed by atoms with Crippen LogP contribution < -0.4 is 10.1 Å². The summed E-state index contributed by atoms with van der Waals surface area (Å²) in [7, 11) is 1.37. The van der Waals surface area contributed by atoms with Crippen molar-refractivity contribution in [3.8, 4) is 5.75 Å². The Hall–Kier alpha value is -1.71. The molecular formula is C15H23NO3. The topological polar surface area (TPSA) is 47.6 Å². The lowest BCUT2D eigenvalue weighted by Crippen LogP contribution is -2.14. The van der Waals surface area contributed by atoms with Gasteiger partial charge in [-0.3, -0.25) is 4.79 Å². The summed E-state index contributed by atoms with van der Waals surface area (Å²) in [6, 6.07) is 7.61. The van der Waals surface area contributed by atoms with E-state index in [1.807, 2.05) is 24.3 Å². The minimum atomic E-state index is -0.286. The summed E-state index contributed by atoms with van der Waals surface area (Å²) in [4.78, 5) is 11.0. The lowest BCUT2D eigenvalue weighted by molar-refractivity contribution is -0.138. The third-order valence-electron chi connectivity index (χ3n) is 2.77. The van der Waals surface area contributed by atoms with E-state index in [1.54, 1.807) is 0 Å². The molecule has 0 radical (unpaired) electrons. The number of unbranched alkanes of at least 4 members (excludes halogenated alkanes) is 3. The highest BCUT2D eigenvalue weighted by Gasteiger charge is 2.01. The van der Waals surface area contributed by atoms with Crippen LogP contribution in [0.4, 0.5) is 5.69 Å². The lowest BCUT2D eigenvalue weighted by Gasteiger charge is -2.09. The summed E-state index contributed by atoms with van der Waals surface area (Å²) < 4.78 is 10.2. The van der Waals surface area contributed by atoms with Gasteiger partial charge < -0.3 is 14.8 Å². The molecule has 1 N–H and O–H groups in total. The number of esters is 1. The first-order valence-corrected chi connectivity index (χ1v) is 6.79. The van der Waals surface area contributed by atoms with Crippen LogP contribution in [0.3, 0.4) is 0 Å². The standard InChI is InChI=1S/C15H23NO3/c1-3-4-5-6-10-19-14-9-7-8-13(11-14)16-12-15(17)18-2/h7-9,11,16H,3-6,10,12H2,1-2H3. The van der Waals surface area contributed by atoms with E-state index in [0.717, 1.165) is 24.5 Å². The van der Waals surface area contributed by atoms with Crippen molar-refractivity contribution in [2.75, 3.05) is 25.6 Å². The number of nitrogens with one attached hydrogen (secondary N) is 1. The molecule has 0 spiro atoms. The third kappa shape index (κ3) is 6.70. The number of ether oxygens (including phenoxy) is 2. The molecule has 1 aromatic rings. The smallest absolute Gasteiger partial charge is 0.325 e. The third-order valence-corrected chi connectivity index (χ3v) is 2.77. The van der Waals surface area contributed by atoms with Crippen LogP contribution in [0.1, 0.15) is 32.6 Å². The van der Waals surface area contributed by atoms with Crippen molar-refractivity contribution < 1.29 is 14.3 Å². The summed E-state index contributed by atoms with van der Waals surface area (Å²) in [5.74, 6) is 0.539. The van der Waals surface area contributed by atoms with Gasteiger partial charge in [0, 0.05) is 11.8 Å². The Morgan fingerprint density at radius 3 is 2.84 bits per heavy atom. The molecule has 106 valence electrons. The molecule has 0 amide bonds. The molecule has 0 aliphatic heterocycles. The maximum atomic E-state index is 11.0. The van der Waals surface area contributed by atoms with Gasteiger partial charge in [-0.1, -0.05) is 32.3 Å². The second kappa shape index (κ2) is 9.25. The van der Waals surface area contributed by atoms with Gasteiger partial charge in [0.15, 0.2) is 0 Å². The molecular weight excluding hydrogens is 242 g/mol. The van der Waals surface area contributed by atoms with Crippen molar-refractivity contribution in [1.29, 1.82) is 0 Å². The first-order chi connectivity index (χ1) is 9.26. The lowest BCUT2D eigenvalue weighted by atomic mass is 10.2. The van der Waals surface area contributed by atoms with E-state index in [-0.39, 0.29) is 12.5 Å². The zero-order valence-corrected chi connectivity index (χ0v) is 11.8. The van der Waals surface area contributed by atoms with E-state index < -0.39 is 0 Å². The van der Waals surface area contributed by atoms with E-state index in [0.29, 0.717) is 0 Å². The number of carbonyl (C=O) groups excluding carboxylic acids is 1. The van der Waals surface area contributed by atoms with E-state index >= 15 is 0 Å². The van der Waals surface area contributed by atoms with E-state index in [2.05, 4.69) is 17.0 Å². The number of anilines is 1. The van der Waals surface area contributed by atoms with Gasteiger partial charge in [0.1, 0.15) is 12.3 Å². The number of rotatable bonds is 9. The molecule has 0 bridgehead atoms. The Labute approximate surface area is 115 Å². The predicted octanol–water partition coefficient (Wildman–Crippen LogP) is 3.23. The summed E-state index contributed by atoms with van der Waals surface area (Å²) >= 11 is 0. The fourth-order valence-electron chi connectivity index (χ4n) is 1.66. The van der Waals surface area contributed by atoms with Crippen molar-refractivity contribution in [3.05, 3.63) is 24.3 Å². The second-order valence-electron chi connectivity index (χ2n) is 4.37. The molecule has 0 aromatic heterocycles. The van der Waals surface area contributed by atoms with Gasteiger partial charge in [0.25, 0.3) is 0 Å². The average Bonchev–Trinajstić information content (AvgIpc) is 2.45. The number of hydrogen-bond donors (Lipinski definition) is 1. The molecule has 0 atom stereocenters. The molecule has 0 aliphatic rings. The molecule has 0 heterocycles. The Morgan fingerprint density at radius 2 is 2.11 bits per heavy atom. The molecule has 0 saturated carbocycles. The molecule has 1 rings (SSSR count). The Morgan fingerprint density at radius 1 is 1.26 bits per heavy atom. The minimum absolute atomic E-state index is 0.163. The van der Waals surface area contributed by atoms with Gasteiger partial charge in [-0.05, 0) is 18.6 Å². The fourth-order valence-corrected chi connectivity index (χ4v) is 1.66. The second-order valence-corrected chi connectivity index (χ2v) is 4.37. The van der Waals surface area contributed by atoms with Crippen LogP contribution in [0.5, 0.6) is 5.75 Å². The molecule has 0 saturated heterocycles. The van der Waals surface area contributed by atoms with Crippen LogP contribution in [0.2, 0.25) is 0 Å². The van der Waals surface area contributed by atoms with E-state index in [4.69, 9.17) is 4.74 Å². The quantitative estimate of drug-likeness (QED) is 0.550. The summed E-state index contributed by atoms with van der Waals surface area (Å²) in [5.41, 5.74) is 0.858. The fraction of sp³-hybridized carbons (Fsp3) is 0.533. The number of hydrogen-bond acceptors (Lipinski definition) is 4. The van der Waals surface area contributed by atoms with Crippen LogP contribution in [0, 0.1) is 0 Å².